The molecule has 0 spiro atoms. The van der Waals surface area contributed by atoms with E-state index in [1.807, 2.05) is 37.3 Å². The second-order valence-electron chi connectivity index (χ2n) is 9.84. The van der Waals surface area contributed by atoms with E-state index in [1.165, 1.54) is 0 Å². The molecule has 1 aromatic heterocycles. The third-order valence-corrected chi connectivity index (χ3v) is 7.22. The number of hydrogen-bond acceptors (Lipinski definition) is 7. The highest BCUT2D eigenvalue weighted by Crippen LogP contribution is 2.39. The van der Waals surface area contributed by atoms with Gasteiger partial charge in [-0.15, -0.1) is 0 Å². The molecule has 2 aliphatic rings. The average Bonchev–Trinajstić information content (AvgIpc) is 3.23. The van der Waals surface area contributed by atoms with E-state index in [0.717, 1.165) is 36.3 Å². The summed E-state index contributed by atoms with van der Waals surface area (Å²) in [4.78, 5) is 34.5. The first kappa shape index (κ1) is 26.6. The summed E-state index contributed by atoms with van der Waals surface area (Å²) < 4.78 is 11.4. The van der Waals surface area contributed by atoms with Crippen LogP contribution in [0.4, 0.5) is 0 Å². The maximum Gasteiger partial charge on any atom is 0.295 e. The molecule has 1 amide bonds. The number of ether oxygens (including phenoxy) is 2. The van der Waals surface area contributed by atoms with Crippen LogP contribution in [0.25, 0.3) is 5.76 Å². The predicted octanol–water partition coefficient (Wildman–Crippen LogP) is 4.11. The van der Waals surface area contributed by atoms with Crippen molar-refractivity contribution in [3.8, 4) is 5.75 Å². The maximum atomic E-state index is 13.3. The number of rotatable bonds is 9. The van der Waals surface area contributed by atoms with Gasteiger partial charge in [0.25, 0.3) is 11.7 Å². The number of aliphatic hydroxyl groups excluding tert-OH is 1. The Morgan fingerprint density at radius 1 is 1.03 bits per heavy atom. The topological polar surface area (TPSA) is 92.2 Å². The van der Waals surface area contributed by atoms with E-state index in [2.05, 4.69) is 9.88 Å². The van der Waals surface area contributed by atoms with Crippen molar-refractivity contribution < 1.29 is 24.2 Å². The standard InChI is InChI=1S/C31H33N3O5/c1-22-20-25(8-9-26(22)39-21-23-6-3-2-4-7-23)29(35)27-28(24-10-12-32-13-11-24)34(31(37)30(27)36)15-5-14-33-16-18-38-19-17-33/h2-4,6-13,20,28,35H,5,14-19,21H2,1H3/t28-/m0/s1. The second-order valence-corrected chi connectivity index (χ2v) is 9.84. The molecule has 8 heteroatoms. The fourth-order valence-electron chi connectivity index (χ4n) is 5.14. The normalized spacial score (nSPS) is 19.4. The van der Waals surface area contributed by atoms with Crippen LogP contribution in [-0.2, 0) is 20.9 Å². The third-order valence-electron chi connectivity index (χ3n) is 7.22. The molecule has 1 N–H and O–H groups in total. The quantitative estimate of drug-likeness (QED) is 0.254. The first-order valence-corrected chi connectivity index (χ1v) is 13.3. The Labute approximate surface area is 228 Å². The minimum absolute atomic E-state index is 0.0925. The minimum Gasteiger partial charge on any atom is -0.507 e. The second kappa shape index (κ2) is 12.2. The van der Waals surface area contributed by atoms with Gasteiger partial charge in [0.05, 0.1) is 24.8 Å². The van der Waals surface area contributed by atoms with Gasteiger partial charge in [-0.2, -0.15) is 0 Å². The van der Waals surface area contributed by atoms with Crippen molar-refractivity contribution in [2.45, 2.75) is 26.0 Å². The van der Waals surface area contributed by atoms with Gasteiger partial charge in [0.1, 0.15) is 18.1 Å². The Morgan fingerprint density at radius 3 is 2.49 bits per heavy atom. The van der Waals surface area contributed by atoms with E-state index in [0.29, 0.717) is 44.1 Å². The molecular formula is C31H33N3O5. The van der Waals surface area contributed by atoms with Gasteiger partial charge in [0.2, 0.25) is 0 Å². The molecule has 2 fully saturated rings. The van der Waals surface area contributed by atoms with Gasteiger partial charge in [-0.1, -0.05) is 30.3 Å². The SMILES string of the molecule is Cc1cc(C(O)=C2C(=O)C(=O)N(CCCN3CCOCC3)[C@H]2c2ccncc2)ccc1OCc1ccccc1. The van der Waals surface area contributed by atoms with E-state index < -0.39 is 17.7 Å². The smallest absolute Gasteiger partial charge is 0.295 e. The van der Waals surface area contributed by atoms with Crippen LogP contribution in [-0.4, -0.2) is 71.0 Å². The van der Waals surface area contributed by atoms with E-state index in [1.54, 1.807) is 47.6 Å². The van der Waals surface area contributed by atoms with Crippen molar-refractivity contribution in [3.63, 3.8) is 0 Å². The molecule has 0 aliphatic carbocycles. The zero-order valence-corrected chi connectivity index (χ0v) is 22.1. The van der Waals surface area contributed by atoms with Gasteiger partial charge >= 0.3 is 0 Å². The Balaban J connectivity index is 1.40. The Hall–Kier alpha value is -4.01. The summed E-state index contributed by atoms with van der Waals surface area (Å²) >= 11 is 0. The number of Topliss-reactive ketones (excluding diaryl/α,β-unsaturated/α-hetero) is 1. The van der Waals surface area contributed by atoms with Crippen molar-refractivity contribution >= 4 is 17.4 Å². The van der Waals surface area contributed by atoms with Crippen LogP contribution in [0, 0.1) is 6.92 Å². The number of hydrogen-bond donors (Lipinski definition) is 1. The zero-order valence-electron chi connectivity index (χ0n) is 22.1. The van der Waals surface area contributed by atoms with Crippen molar-refractivity contribution in [2.75, 3.05) is 39.4 Å². The monoisotopic (exact) mass is 527 g/mol. The van der Waals surface area contributed by atoms with E-state index in [4.69, 9.17) is 9.47 Å². The molecule has 2 aliphatic heterocycles. The lowest BCUT2D eigenvalue weighted by Crippen LogP contribution is -2.38. The van der Waals surface area contributed by atoms with Gasteiger partial charge < -0.3 is 19.5 Å². The maximum absolute atomic E-state index is 13.3. The third kappa shape index (κ3) is 6.02. The van der Waals surface area contributed by atoms with E-state index in [9.17, 15) is 14.7 Å². The lowest BCUT2D eigenvalue weighted by atomic mass is 9.95. The fourth-order valence-corrected chi connectivity index (χ4v) is 5.14. The molecule has 3 heterocycles. The van der Waals surface area contributed by atoms with E-state index >= 15 is 0 Å². The van der Waals surface area contributed by atoms with Crippen LogP contribution < -0.4 is 4.74 Å². The van der Waals surface area contributed by atoms with Crippen molar-refractivity contribution in [3.05, 3.63) is 101 Å². The number of ketones is 1. The number of carbonyl (C=O) groups is 2. The summed E-state index contributed by atoms with van der Waals surface area (Å²) in [5.41, 5.74) is 3.15. The van der Waals surface area contributed by atoms with Gasteiger partial charge in [-0.3, -0.25) is 19.5 Å². The molecule has 0 bridgehead atoms. The number of morpholine rings is 1. The number of aryl methyl sites for hydroxylation is 1. The Kier molecular flexibility index (Phi) is 8.34. The summed E-state index contributed by atoms with van der Waals surface area (Å²) in [5.74, 6) is -0.782. The number of pyridine rings is 1. The first-order chi connectivity index (χ1) is 19.0. The van der Waals surface area contributed by atoms with Crippen molar-refractivity contribution in [1.82, 2.24) is 14.8 Å². The molecule has 0 radical (unpaired) electrons. The van der Waals surface area contributed by atoms with Gasteiger partial charge in [-0.25, -0.2) is 0 Å². The summed E-state index contributed by atoms with van der Waals surface area (Å²) in [6.07, 6.45) is 3.97. The number of aromatic nitrogens is 1. The molecule has 3 aromatic rings. The fraction of sp³-hybridized carbons (Fsp3) is 0.323. The highest BCUT2D eigenvalue weighted by Gasteiger charge is 2.45. The molecule has 1 atom stereocenters. The summed E-state index contributed by atoms with van der Waals surface area (Å²) in [5, 5.41) is 11.4. The first-order valence-electron chi connectivity index (χ1n) is 13.3. The number of nitrogens with zero attached hydrogens (tertiary/aromatic N) is 3. The largest absolute Gasteiger partial charge is 0.507 e. The molecule has 5 rings (SSSR count). The molecular weight excluding hydrogens is 494 g/mol. The number of likely N-dealkylation sites (tertiary alicyclic amines) is 1. The van der Waals surface area contributed by atoms with E-state index in [-0.39, 0.29) is 11.3 Å². The van der Waals surface area contributed by atoms with Gasteiger partial charge in [0, 0.05) is 44.1 Å². The average molecular weight is 528 g/mol. The zero-order chi connectivity index (χ0) is 27.2. The molecule has 2 aromatic carbocycles. The number of aliphatic hydroxyl groups is 1. The molecule has 2 saturated heterocycles. The molecule has 39 heavy (non-hydrogen) atoms. The number of carbonyl (C=O) groups excluding carboxylic acids is 2. The van der Waals surface area contributed by atoms with Crippen LogP contribution in [0.3, 0.4) is 0 Å². The lowest BCUT2D eigenvalue weighted by Gasteiger charge is -2.29. The van der Waals surface area contributed by atoms with Crippen molar-refractivity contribution in [1.29, 1.82) is 0 Å². The number of benzene rings is 2. The lowest BCUT2D eigenvalue weighted by molar-refractivity contribution is -0.140. The molecule has 202 valence electrons. The van der Waals surface area contributed by atoms with Crippen LogP contribution in [0.1, 0.15) is 34.7 Å². The molecule has 8 nitrogen and oxygen atoms in total. The van der Waals surface area contributed by atoms with Crippen LogP contribution in [0.2, 0.25) is 0 Å². The summed E-state index contributed by atoms with van der Waals surface area (Å²) in [7, 11) is 0. The number of amides is 1. The minimum atomic E-state index is -0.688. The molecule has 0 saturated carbocycles. The van der Waals surface area contributed by atoms with Gasteiger partial charge in [-0.05, 0) is 60.4 Å². The van der Waals surface area contributed by atoms with Crippen molar-refractivity contribution in [2.24, 2.45) is 0 Å². The summed E-state index contributed by atoms with van der Waals surface area (Å²) in [6.45, 7) is 6.64. The van der Waals surface area contributed by atoms with Crippen LogP contribution in [0.15, 0.2) is 78.6 Å². The predicted molar refractivity (Wildman–Crippen MR) is 147 cm³/mol. The Morgan fingerprint density at radius 2 is 1.77 bits per heavy atom. The summed E-state index contributed by atoms with van der Waals surface area (Å²) in [6, 6.07) is 18.0. The Bertz CT molecular complexity index is 1340. The van der Waals surface area contributed by atoms with Gasteiger partial charge in [0.15, 0.2) is 0 Å². The highest BCUT2D eigenvalue weighted by molar-refractivity contribution is 6.46. The van der Waals surface area contributed by atoms with Crippen LogP contribution >= 0.6 is 0 Å². The molecule has 0 unspecified atom stereocenters. The van der Waals surface area contributed by atoms with Crippen LogP contribution in [0.5, 0.6) is 5.75 Å². The highest BCUT2D eigenvalue weighted by atomic mass is 16.5.